The van der Waals surface area contributed by atoms with E-state index in [-0.39, 0.29) is 6.42 Å². The van der Waals surface area contributed by atoms with Crippen LogP contribution in [-0.4, -0.2) is 40.3 Å². The van der Waals surface area contributed by atoms with Gasteiger partial charge in [-0.1, -0.05) is 0 Å². The molecule has 15 heavy (non-hydrogen) atoms. The van der Waals surface area contributed by atoms with Crippen LogP contribution in [0.25, 0.3) is 0 Å². The summed E-state index contributed by atoms with van der Waals surface area (Å²) >= 11 is 0. The first-order valence-electron chi connectivity index (χ1n) is 3.70. The topological polar surface area (TPSA) is 138 Å². The van der Waals surface area contributed by atoms with Crippen molar-refractivity contribution in [1.29, 1.82) is 0 Å². The van der Waals surface area contributed by atoms with Gasteiger partial charge in [-0.05, 0) is 13.8 Å². The van der Waals surface area contributed by atoms with Gasteiger partial charge in [0.2, 0.25) is 0 Å². The standard InChI is InChI=1S/C6H12FNO2.H2O4S/c1-6(2,7)3-4(8)5(9)10;1-5(2,3)4/h4H,3,8H2,1-2H3,(H,9,10);(H2,1,2,3,4)/t4-;/m0./s1. The van der Waals surface area contributed by atoms with Gasteiger partial charge in [0.15, 0.2) is 0 Å². The normalized spacial score (nSPS) is 13.7. The first kappa shape index (κ1) is 16.7. The fraction of sp³-hybridized carbons (Fsp3) is 0.833. The Balaban J connectivity index is 0. The summed E-state index contributed by atoms with van der Waals surface area (Å²) in [5.41, 5.74) is 3.56. The van der Waals surface area contributed by atoms with E-state index in [0.717, 1.165) is 0 Å². The van der Waals surface area contributed by atoms with Crippen molar-refractivity contribution < 1.29 is 31.8 Å². The average molecular weight is 247 g/mol. The van der Waals surface area contributed by atoms with E-state index in [9.17, 15) is 9.18 Å². The van der Waals surface area contributed by atoms with Gasteiger partial charge in [0, 0.05) is 6.42 Å². The van der Waals surface area contributed by atoms with Crippen molar-refractivity contribution in [3.63, 3.8) is 0 Å². The Morgan fingerprint density at radius 2 is 1.73 bits per heavy atom. The molecular formula is C6H14FNO6S. The van der Waals surface area contributed by atoms with Gasteiger partial charge in [0.25, 0.3) is 0 Å². The molecule has 0 spiro atoms. The molecule has 0 aromatic heterocycles. The number of halogens is 1. The molecule has 0 unspecified atom stereocenters. The van der Waals surface area contributed by atoms with Gasteiger partial charge in [0.1, 0.15) is 11.7 Å². The van der Waals surface area contributed by atoms with Crippen LogP contribution in [-0.2, 0) is 15.2 Å². The monoisotopic (exact) mass is 247 g/mol. The summed E-state index contributed by atoms with van der Waals surface area (Å²) in [5, 5.41) is 8.25. The van der Waals surface area contributed by atoms with E-state index in [1.165, 1.54) is 13.8 Å². The molecule has 0 aromatic carbocycles. The number of carboxylic acids is 1. The molecular weight excluding hydrogens is 233 g/mol. The van der Waals surface area contributed by atoms with Gasteiger partial charge < -0.3 is 10.8 Å². The fourth-order valence-electron chi connectivity index (χ4n) is 0.610. The third kappa shape index (κ3) is 24.6. The summed E-state index contributed by atoms with van der Waals surface area (Å²) < 4.78 is 44.2. The number of alkyl halides is 1. The van der Waals surface area contributed by atoms with E-state index < -0.39 is 28.1 Å². The molecule has 92 valence electrons. The maximum absolute atomic E-state index is 12.7. The highest BCUT2D eigenvalue weighted by molar-refractivity contribution is 7.79. The third-order valence-corrected chi connectivity index (χ3v) is 1.02. The Kier molecular flexibility index (Phi) is 6.61. The SMILES string of the molecule is CC(C)(F)C[C@H](N)C(=O)O.O=S(=O)(O)O. The van der Waals surface area contributed by atoms with Crippen molar-refractivity contribution in [1.82, 2.24) is 0 Å². The molecule has 0 aliphatic carbocycles. The van der Waals surface area contributed by atoms with Gasteiger partial charge in [-0.3, -0.25) is 13.9 Å². The van der Waals surface area contributed by atoms with Crippen LogP contribution in [0.4, 0.5) is 4.39 Å². The van der Waals surface area contributed by atoms with Gasteiger partial charge in [-0.2, -0.15) is 8.42 Å². The average Bonchev–Trinajstić information content (AvgIpc) is 1.78. The lowest BCUT2D eigenvalue weighted by molar-refractivity contribution is -0.139. The zero-order chi connectivity index (χ0) is 12.9. The molecule has 7 nitrogen and oxygen atoms in total. The molecule has 0 saturated heterocycles. The summed E-state index contributed by atoms with van der Waals surface area (Å²) in [6.07, 6.45) is -0.150. The van der Waals surface area contributed by atoms with E-state index in [2.05, 4.69) is 0 Å². The second-order valence-corrected chi connectivity index (χ2v) is 4.21. The minimum atomic E-state index is -4.67. The van der Waals surface area contributed by atoms with Crippen LogP contribution in [0.1, 0.15) is 20.3 Å². The van der Waals surface area contributed by atoms with Crippen molar-refractivity contribution in [2.75, 3.05) is 0 Å². The highest BCUT2D eigenvalue weighted by Crippen LogP contribution is 2.14. The summed E-state index contributed by atoms with van der Waals surface area (Å²) in [7, 11) is -4.67. The summed E-state index contributed by atoms with van der Waals surface area (Å²) in [4.78, 5) is 10.1. The highest BCUT2D eigenvalue weighted by atomic mass is 32.3. The first-order chi connectivity index (χ1) is 6.33. The quantitative estimate of drug-likeness (QED) is 0.510. The van der Waals surface area contributed by atoms with Crippen LogP contribution in [0.2, 0.25) is 0 Å². The molecule has 0 aromatic rings. The van der Waals surface area contributed by atoms with Crippen molar-refractivity contribution in [3.8, 4) is 0 Å². The zero-order valence-electron chi connectivity index (χ0n) is 8.21. The van der Waals surface area contributed by atoms with E-state index in [0.29, 0.717) is 0 Å². The van der Waals surface area contributed by atoms with Crippen LogP contribution in [0.15, 0.2) is 0 Å². The molecule has 0 amide bonds. The van der Waals surface area contributed by atoms with E-state index in [4.69, 9.17) is 28.4 Å². The predicted octanol–water partition coefficient (Wildman–Crippen LogP) is -0.116. The number of carbonyl (C=O) groups is 1. The van der Waals surface area contributed by atoms with Crippen LogP contribution in [0.3, 0.4) is 0 Å². The van der Waals surface area contributed by atoms with Gasteiger partial charge in [-0.15, -0.1) is 0 Å². The van der Waals surface area contributed by atoms with Gasteiger partial charge >= 0.3 is 16.4 Å². The molecule has 0 aliphatic heterocycles. The molecule has 9 heteroatoms. The summed E-state index contributed by atoms with van der Waals surface area (Å²) in [6.45, 7) is 2.60. The van der Waals surface area contributed by atoms with Crippen LogP contribution in [0.5, 0.6) is 0 Å². The van der Waals surface area contributed by atoms with Crippen LogP contribution >= 0.6 is 0 Å². The van der Waals surface area contributed by atoms with Gasteiger partial charge in [0.05, 0.1) is 0 Å². The maximum Gasteiger partial charge on any atom is 0.394 e. The second-order valence-electron chi connectivity index (χ2n) is 3.32. The predicted molar refractivity (Wildman–Crippen MR) is 49.6 cm³/mol. The number of aliphatic carboxylic acids is 1. The molecule has 0 radical (unpaired) electrons. The number of nitrogens with two attached hydrogens (primary N) is 1. The van der Waals surface area contributed by atoms with Crippen molar-refractivity contribution in [2.24, 2.45) is 5.73 Å². The van der Waals surface area contributed by atoms with Crippen molar-refractivity contribution >= 4 is 16.4 Å². The lowest BCUT2D eigenvalue weighted by atomic mass is 10.0. The van der Waals surface area contributed by atoms with Crippen LogP contribution < -0.4 is 5.73 Å². The molecule has 1 atom stereocenters. The van der Waals surface area contributed by atoms with Crippen LogP contribution in [0, 0.1) is 0 Å². The molecule has 0 aliphatic rings. The molecule has 0 saturated carbocycles. The lowest BCUT2D eigenvalue weighted by Crippen LogP contribution is -2.35. The summed E-state index contributed by atoms with van der Waals surface area (Å²) in [6, 6.07) is -1.10. The molecule has 0 fully saturated rings. The maximum atomic E-state index is 12.7. The van der Waals surface area contributed by atoms with Crippen molar-refractivity contribution in [2.45, 2.75) is 32.0 Å². The highest BCUT2D eigenvalue weighted by Gasteiger charge is 2.23. The Labute approximate surface area is 86.7 Å². The van der Waals surface area contributed by atoms with E-state index >= 15 is 0 Å². The molecule has 0 heterocycles. The van der Waals surface area contributed by atoms with Gasteiger partial charge in [-0.25, -0.2) is 4.39 Å². The first-order valence-corrected chi connectivity index (χ1v) is 5.10. The van der Waals surface area contributed by atoms with E-state index in [1.807, 2.05) is 0 Å². The minimum Gasteiger partial charge on any atom is -0.480 e. The minimum absolute atomic E-state index is 0.150. The lowest BCUT2D eigenvalue weighted by Gasteiger charge is -2.15. The molecule has 0 rings (SSSR count). The Bertz CT molecular complexity index is 287. The third-order valence-electron chi connectivity index (χ3n) is 1.02. The van der Waals surface area contributed by atoms with E-state index in [1.54, 1.807) is 0 Å². The number of rotatable bonds is 3. The zero-order valence-corrected chi connectivity index (χ0v) is 9.03. The number of carboxylic acid groups (broad SMARTS) is 1. The number of hydrogen-bond acceptors (Lipinski definition) is 4. The summed E-state index contributed by atoms with van der Waals surface area (Å²) in [5.74, 6) is -1.16. The number of hydrogen-bond donors (Lipinski definition) is 4. The molecule has 0 bridgehead atoms. The Morgan fingerprint density at radius 3 is 1.80 bits per heavy atom. The fourth-order valence-corrected chi connectivity index (χ4v) is 0.610. The Hall–Kier alpha value is -0.770. The Morgan fingerprint density at radius 1 is 1.47 bits per heavy atom. The smallest absolute Gasteiger partial charge is 0.394 e. The molecule has 5 N–H and O–H groups in total. The largest absolute Gasteiger partial charge is 0.480 e. The second kappa shape index (κ2) is 5.95. The van der Waals surface area contributed by atoms with Crippen molar-refractivity contribution in [3.05, 3.63) is 0 Å².